The Morgan fingerprint density at radius 1 is 1.12 bits per heavy atom. The number of hydrogen-bond donors (Lipinski definition) is 1. The molecule has 0 aliphatic heterocycles. The fraction of sp³-hybridized carbons (Fsp3) is 0.600. The van der Waals surface area contributed by atoms with Gasteiger partial charge in [0.05, 0.1) is 0 Å². The lowest BCUT2D eigenvalue weighted by molar-refractivity contribution is 0.540. The van der Waals surface area contributed by atoms with Crippen LogP contribution in [-0.4, -0.2) is 18.1 Å². The lowest BCUT2D eigenvalue weighted by atomic mass is 10.0. The van der Waals surface area contributed by atoms with Gasteiger partial charge in [0, 0.05) is 18.3 Å². The number of benzene rings is 1. The molecule has 2 heteroatoms. The molecule has 0 bridgehead atoms. The summed E-state index contributed by atoms with van der Waals surface area (Å²) in [4.78, 5) is 0. The Morgan fingerprint density at radius 2 is 1.76 bits per heavy atom. The van der Waals surface area contributed by atoms with Gasteiger partial charge in [0.2, 0.25) is 0 Å². The van der Waals surface area contributed by atoms with Crippen molar-refractivity contribution >= 4 is 11.8 Å². The van der Waals surface area contributed by atoms with Crippen molar-refractivity contribution in [2.45, 2.75) is 46.7 Å². The van der Waals surface area contributed by atoms with E-state index >= 15 is 0 Å². The van der Waals surface area contributed by atoms with Crippen LogP contribution in [0.3, 0.4) is 0 Å². The standard InChI is InChI=1S/C15H25NS/c1-6-15(10-17-5)16-9-14-8-12(3)11(2)7-13(14)4/h7-8,15-16H,6,9-10H2,1-5H3. The number of aryl methyl sites for hydroxylation is 3. The molecule has 0 saturated carbocycles. The number of hydrogen-bond acceptors (Lipinski definition) is 2. The Balaban J connectivity index is 2.65. The summed E-state index contributed by atoms with van der Waals surface area (Å²) in [6, 6.07) is 5.25. The first-order chi connectivity index (χ1) is 8.08. The molecule has 0 fully saturated rings. The van der Waals surface area contributed by atoms with Crippen molar-refractivity contribution in [2.75, 3.05) is 12.0 Å². The normalized spacial score (nSPS) is 12.8. The SMILES string of the molecule is CCC(CSC)NCc1cc(C)c(C)cc1C. The van der Waals surface area contributed by atoms with Crippen LogP contribution in [0.15, 0.2) is 12.1 Å². The molecule has 1 aromatic rings. The Bertz CT molecular complexity index is 360. The topological polar surface area (TPSA) is 12.0 Å². The number of thioether (sulfide) groups is 1. The maximum Gasteiger partial charge on any atom is 0.0211 e. The molecule has 1 rings (SSSR count). The Morgan fingerprint density at radius 3 is 2.35 bits per heavy atom. The molecule has 1 aromatic carbocycles. The predicted molar refractivity (Wildman–Crippen MR) is 80.0 cm³/mol. The van der Waals surface area contributed by atoms with Crippen molar-refractivity contribution in [3.8, 4) is 0 Å². The molecule has 1 N–H and O–H groups in total. The summed E-state index contributed by atoms with van der Waals surface area (Å²) in [6.45, 7) is 9.83. The number of nitrogens with one attached hydrogen (secondary N) is 1. The molecule has 0 heterocycles. The van der Waals surface area contributed by atoms with Crippen molar-refractivity contribution < 1.29 is 0 Å². The highest BCUT2D eigenvalue weighted by Gasteiger charge is 2.06. The second-order valence-corrected chi connectivity index (χ2v) is 5.72. The lowest BCUT2D eigenvalue weighted by Crippen LogP contribution is -2.30. The minimum Gasteiger partial charge on any atom is -0.309 e. The van der Waals surface area contributed by atoms with E-state index in [-0.39, 0.29) is 0 Å². The summed E-state index contributed by atoms with van der Waals surface area (Å²) < 4.78 is 0. The van der Waals surface area contributed by atoms with Gasteiger partial charge in [-0.2, -0.15) is 11.8 Å². The fourth-order valence-corrected chi connectivity index (χ4v) is 2.74. The Labute approximate surface area is 110 Å². The van der Waals surface area contributed by atoms with Gasteiger partial charge in [-0.05, 0) is 55.7 Å². The predicted octanol–water partition coefficient (Wildman–Crippen LogP) is 3.84. The highest BCUT2D eigenvalue weighted by atomic mass is 32.2. The first kappa shape index (κ1) is 14.6. The first-order valence-electron chi connectivity index (χ1n) is 6.37. The first-order valence-corrected chi connectivity index (χ1v) is 7.76. The van der Waals surface area contributed by atoms with Gasteiger partial charge in [0.25, 0.3) is 0 Å². The van der Waals surface area contributed by atoms with Crippen LogP contribution in [0, 0.1) is 20.8 Å². The molecular weight excluding hydrogens is 226 g/mol. The van der Waals surface area contributed by atoms with Crippen molar-refractivity contribution in [1.29, 1.82) is 0 Å². The van der Waals surface area contributed by atoms with Crippen LogP contribution in [0.4, 0.5) is 0 Å². The molecule has 1 unspecified atom stereocenters. The largest absolute Gasteiger partial charge is 0.309 e. The smallest absolute Gasteiger partial charge is 0.0211 e. The van der Waals surface area contributed by atoms with Crippen molar-refractivity contribution in [3.63, 3.8) is 0 Å². The van der Waals surface area contributed by atoms with Crippen LogP contribution in [0.5, 0.6) is 0 Å². The van der Waals surface area contributed by atoms with Gasteiger partial charge in [-0.1, -0.05) is 19.1 Å². The summed E-state index contributed by atoms with van der Waals surface area (Å²) in [7, 11) is 0. The van der Waals surface area contributed by atoms with E-state index < -0.39 is 0 Å². The van der Waals surface area contributed by atoms with E-state index in [4.69, 9.17) is 0 Å². The molecule has 1 atom stereocenters. The van der Waals surface area contributed by atoms with Gasteiger partial charge >= 0.3 is 0 Å². The third kappa shape index (κ3) is 4.36. The van der Waals surface area contributed by atoms with E-state index in [1.165, 1.54) is 34.4 Å². The van der Waals surface area contributed by atoms with Crippen LogP contribution in [0.2, 0.25) is 0 Å². The average molecular weight is 251 g/mol. The average Bonchev–Trinajstić information content (AvgIpc) is 2.30. The van der Waals surface area contributed by atoms with Crippen LogP contribution in [0.1, 0.15) is 35.6 Å². The second kappa shape index (κ2) is 7.07. The van der Waals surface area contributed by atoms with Gasteiger partial charge in [-0.25, -0.2) is 0 Å². The molecular formula is C15H25NS. The molecule has 1 nitrogen and oxygen atoms in total. The summed E-state index contributed by atoms with van der Waals surface area (Å²) >= 11 is 1.92. The Kier molecular flexibility index (Phi) is 6.07. The van der Waals surface area contributed by atoms with Crippen molar-refractivity contribution in [2.24, 2.45) is 0 Å². The van der Waals surface area contributed by atoms with Gasteiger partial charge in [0.1, 0.15) is 0 Å². The zero-order valence-electron chi connectivity index (χ0n) is 11.8. The molecule has 0 saturated heterocycles. The molecule has 17 heavy (non-hydrogen) atoms. The molecule has 96 valence electrons. The summed E-state index contributed by atoms with van der Waals surface area (Å²) in [5.74, 6) is 1.19. The zero-order valence-corrected chi connectivity index (χ0v) is 12.6. The van der Waals surface area contributed by atoms with Gasteiger partial charge in [0.15, 0.2) is 0 Å². The van der Waals surface area contributed by atoms with E-state index in [0.29, 0.717) is 6.04 Å². The maximum absolute atomic E-state index is 3.65. The molecule has 0 aliphatic rings. The molecule has 0 radical (unpaired) electrons. The lowest BCUT2D eigenvalue weighted by Gasteiger charge is -2.17. The van der Waals surface area contributed by atoms with Crippen LogP contribution < -0.4 is 5.32 Å². The van der Waals surface area contributed by atoms with Gasteiger partial charge in [-0.3, -0.25) is 0 Å². The van der Waals surface area contributed by atoms with Gasteiger partial charge in [-0.15, -0.1) is 0 Å². The maximum atomic E-state index is 3.65. The third-order valence-electron chi connectivity index (χ3n) is 3.39. The number of rotatable bonds is 6. The molecule has 0 amide bonds. The van der Waals surface area contributed by atoms with E-state index in [1.54, 1.807) is 0 Å². The highest BCUT2D eigenvalue weighted by Crippen LogP contribution is 2.15. The summed E-state index contributed by atoms with van der Waals surface area (Å²) in [5.41, 5.74) is 5.62. The van der Waals surface area contributed by atoms with E-state index in [0.717, 1.165) is 6.54 Å². The monoisotopic (exact) mass is 251 g/mol. The fourth-order valence-electron chi connectivity index (χ4n) is 1.99. The zero-order chi connectivity index (χ0) is 12.8. The third-order valence-corrected chi connectivity index (χ3v) is 4.13. The Hall–Kier alpha value is -0.470. The minimum absolute atomic E-state index is 0.631. The molecule has 0 spiro atoms. The molecule has 0 aromatic heterocycles. The van der Waals surface area contributed by atoms with Crippen molar-refractivity contribution in [1.82, 2.24) is 5.32 Å². The molecule has 0 aliphatic carbocycles. The summed E-state index contributed by atoms with van der Waals surface area (Å²) in [5, 5.41) is 3.65. The van der Waals surface area contributed by atoms with Crippen LogP contribution in [-0.2, 0) is 6.54 Å². The second-order valence-electron chi connectivity index (χ2n) is 4.80. The van der Waals surface area contributed by atoms with Crippen LogP contribution in [0.25, 0.3) is 0 Å². The van der Waals surface area contributed by atoms with Crippen LogP contribution >= 0.6 is 11.8 Å². The summed E-state index contributed by atoms with van der Waals surface area (Å²) in [6.07, 6.45) is 3.37. The quantitative estimate of drug-likeness (QED) is 0.824. The van der Waals surface area contributed by atoms with Gasteiger partial charge < -0.3 is 5.32 Å². The highest BCUT2D eigenvalue weighted by molar-refractivity contribution is 7.98. The van der Waals surface area contributed by atoms with Crippen molar-refractivity contribution in [3.05, 3.63) is 34.4 Å². The minimum atomic E-state index is 0.631. The van der Waals surface area contributed by atoms with E-state index in [1.807, 2.05) is 11.8 Å². The van der Waals surface area contributed by atoms with E-state index in [9.17, 15) is 0 Å². The van der Waals surface area contributed by atoms with E-state index in [2.05, 4.69) is 51.4 Å².